The van der Waals surface area contributed by atoms with Gasteiger partial charge in [0.15, 0.2) is 5.78 Å². The van der Waals surface area contributed by atoms with Crippen molar-refractivity contribution in [1.29, 1.82) is 0 Å². The minimum absolute atomic E-state index is 0.119. The number of hydrogen-bond donors (Lipinski definition) is 1. The van der Waals surface area contributed by atoms with Gasteiger partial charge in [0.1, 0.15) is 6.61 Å². The van der Waals surface area contributed by atoms with Crippen molar-refractivity contribution in [3.63, 3.8) is 0 Å². The maximum Gasteiger partial charge on any atom is 0.158 e. The van der Waals surface area contributed by atoms with Crippen LogP contribution in [0.2, 0.25) is 0 Å². The zero-order valence-corrected chi connectivity index (χ0v) is 14.7. The van der Waals surface area contributed by atoms with Crippen molar-refractivity contribution < 1.29 is 14.3 Å². The average Bonchev–Trinajstić information content (AvgIpc) is 2.45. The van der Waals surface area contributed by atoms with Gasteiger partial charge in [-0.25, -0.2) is 0 Å². The van der Waals surface area contributed by atoms with E-state index in [0.29, 0.717) is 32.8 Å². The van der Waals surface area contributed by atoms with Crippen molar-refractivity contribution in [1.82, 2.24) is 0 Å². The van der Waals surface area contributed by atoms with Crippen molar-refractivity contribution >= 4 is 5.78 Å². The van der Waals surface area contributed by atoms with E-state index < -0.39 is 0 Å². The predicted molar refractivity (Wildman–Crippen MR) is 87.0 cm³/mol. The van der Waals surface area contributed by atoms with Gasteiger partial charge < -0.3 is 15.2 Å². The van der Waals surface area contributed by atoms with Crippen LogP contribution in [0.4, 0.5) is 0 Å². The maximum atomic E-state index is 10.7. The van der Waals surface area contributed by atoms with Crippen molar-refractivity contribution in [2.75, 3.05) is 33.0 Å². The highest BCUT2D eigenvalue weighted by Crippen LogP contribution is 2.05. The number of carbonyl (C=O) groups excluding carboxylic acids is 1. The van der Waals surface area contributed by atoms with E-state index in [9.17, 15) is 4.79 Å². The molecule has 4 heteroatoms. The Kier molecular flexibility index (Phi) is 25.6. The van der Waals surface area contributed by atoms with Gasteiger partial charge in [0.25, 0.3) is 0 Å². The fourth-order valence-corrected chi connectivity index (χ4v) is 0.591. The summed E-state index contributed by atoms with van der Waals surface area (Å²) in [5.41, 5.74) is 5.19. The second-order valence-electron chi connectivity index (χ2n) is 4.83. The fourth-order valence-electron chi connectivity index (χ4n) is 0.591. The molecular formula is C16H37NO3. The summed E-state index contributed by atoms with van der Waals surface area (Å²) in [7, 11) is 0. The third kappa shape index (κ3) is 26.2. The number of rotatable bonds is 9. The molecule has 0 rings (SSSR count). The molecule has 0 radical (unpaired) electrons. The van der Waals surface area contributed by atoms with Crippen molar-refractivity contribution in [3.8, 4) is 0 Å². The van der Waals surface area contributed by atoms with E-state index in [0.717, 1.165) is 11.8 Å². The Morgan fingerprint density at radius 1 is 0.950 bits per heavy atom. The van der Waals surface area contributed by atoms with Crippen LogP contribution in [-0.4, -0.2) is 38.8 Å². The molecule has 0 aromatic rings. The Bertz CT molecular complexity index is 177. The van der Waals surface area contributed by atoms with E-state index in [4.69, 9.17) is 15.2 Å². The number of Topliss-reactive ketones (excluding diaryl/α,β-unsaturated/α-hetero) is 1. The molecule has 0 saturated carbocycles. The van der Waals surface area contributed by atoms with Crippen LogP contribution in [0.5, 0.6) is 0 Å². The van der Waals surface area contributed by atoms with Crippen LogP contribution in [0.1, 0.15) is 54.9 Å². The standard InChI is InChI=1S/C8H17NO3.C6H14.C2H6/c1-2-8(10)7-12-6-5-11-4-3-9;1-5(2)6(3)4;1-2/h2-7,9H2,1H3;5-6H,1-4H3;1-2H3. The Hall–Kier alpha value is -0.450. The molecule has 0 aliphatic heterocycles. The summed E-state index contributed by atoms with van der Waals surface area (Å²) in [6.45, 7) is 17.0. The van der Waals surface area contributed by atoms with Gasteiger partial charge in [0.05, 0.1) is 19.8 Å². The first-order valence-corrected chi connectivity index (χ1v) is 7.82. The molecule has 2 N–H and O–H groups in total. The monoisotopic (exact) mass is 291 g/mol. The fraction of sp³-hybridized carbons (Fsp3) is 0.938. The lowest BCUT2D eigenvalue weighted by Gasteiger charge is -2.05. The van der Waals surface area contributed by atoms with Crippen LogP contribution < -0.4 is 5.73 Å². The molecule has 124 valence electrons. The molecule has 0 unspecified atom stereocenters. The molecule has 0 atom stereocenters. The molecule has 20 heavy (non-hydrogen) atoms. The zero-order valence-electron chi connectivity index (χ0n) is 14.7. The van der Waals surface area contributed by atoms with Crippen LogP contribution in [0, 0.1) is 11.8 Å². The highest BCUT2D eigenvalue weighted by atomic mass is 16.5. The number of hydrogen-bond acceptors (Lipinski definition) is 4. The molecule has 0 aromatic carbocycles. The predicted octanol–water partition coefficient (Wildman–Crippen LogP) is 3.28. The first-order chi connectivity index (χ1) is 9.45. The van der Waals surface area contributed by atoms with E-state index in [-0.39, 0.29) is 12.4 Å². The first kappa shape index (κ1) is 24.6. The van der Waals surface area contributed by atoms with E-state index in [2.05, 4.69) is 27.7 Å². The second kappa shape index (κ2) is 20.9. The maximum absolute atomic E-state index is 10.7. The van der Waals surface area contributed by atoms with Gasteiger partial charge in [-0.15, -0.1) is 0 Å². The van der Waals surface area contributed by atoms with Crippen LogP contribution in [0.3, 0.4) is 0 Å². The number of nitrogens with two attached hydrogens (primary N) is 1. The summed E-state index contributed by atoms with van der Waals surface area (Å²) in [6, 6.07) is 0. The van der Waals surface area contributed by atoms with Crippen LogP contribution in [0.15, 0.2) is 0 Å². The van der Waals surface area contributed by atoms with Gasteiger partial charge in [-0.05, 0) is 11.8 Å². The summed E-state index contributed by atoms with van der Waals surface area (Å²) in [4.78, 5) is 10.7. The van der Waals surface area contributed by atoms with Crippen molar-refractivity contribution in [2.45, 2.75) is 54.9 Å². The lowest BCUT2D eigenvalue weighted by atomic mass is 10.0. The normalized spacial score (nSPS) is 9.70. The number of ether oxygens (including phenoxy) is 2. The molecule has 0 aromatic heterocycles. The first-order valence-electron chi connectivity index (χ1n) is 7.82. The lowest BCUT2D eigenvalue weighted by Crippen LogP contribution is -2.14. The minimum Gasteiger partial charge on any atom is -0.378 e. The van der Waals surface area contributed by atoms with Gasteiger partial charge in [-0.1, -0.05) is 48.5 Å². The minimum atomic E-state index is 0.119. The van der Waals surface area contributed by atoms with Gasteiger partial charge in [0.2, 0.25) is 0 Å². The summed E-state index contributed by atoms with van der Waals surface area (Å²) < 4.78 is 10.1. The second-order valence-corrected chi connectivity index (χ2v) is 4.83. The highest BCUT2D eigenvalue weighted by molar-refractivity contribution is 5.79. The van der Waals surface area contributed by atoms with Gasteiger partial charge in [-0.3, -0.25) is 4.79 Å². The molecule has 0 bridgehead atoms. The zero-order chi connectivity index (χ0) is 16.4. The largest absolute Gasteiger partial charge is 0.378 e. The Morgan fingerprint density at radius 2 is 1.40 bits per heavy atom. The third-order valence-electron chi connectivity index (χ3n) is 2.62. The molecule has 0 amide bonds. The van der Waals surface area contributed by atoms with Crippen LogP contribution >= 0.6 is 0 Å². The number of ketones is 1. The third-order valence-corrected chi connectivity index (χ3v) is 2.62. The van der Waals surface area contributed by atoms with Gasteiger partial charge >= 0.3 is 0 Å². The smallest absolute Gasteiger partial charge is 0.158 e. The molecule has 0 aliphatic rings. The van der Waals surface area contributed by atoms with Crippen molar-refractivity contribution in [3.05, 3.63) is 0 Å². The van der Waals surface area contributed by atoms with E-state index in [1.807, 2.05) is 20.8 Å². The molecule has 0 heterocycles. The summed E-state index contributed by atoms with van der Waals surface area (Å²) in [5.74, 6) is 1.82. The molecule has 4 nitrogen and oxygen atoms in total. The molecule has 0 aliphatic carbocycles. The van der Waals surface area contributed by atoms with Gasteiger partial charge in [0, 0.05) is 13.0 Å². The Labute approximate surface area is 126 Å². The average molecular weight is 291 g/mol. The molecule has 0 spiro atoms. The molecule has 0 saturated heterocycles. The van der Waals surface area contributed by atoms with E-state index >= 15 is 0 Å². The van der Waals surface area contributed by atoms with E-state index in [1.54, 1.807) is 0 Å². The van der Waals surface area contributed by atoms with Crippen LogP contribution in [-0.2, 0) is 14.3 Å². The molecule has 0 fully saturated rings. The Morgan fingerprint density at radius 3 is 1.75 bits per heavy atom. The van der Waals surface area contributed by atoms with Crippen LogP contribution in [0.25, 0.3) is 0 Å². The summed E-state index contributed by atoms with van der Waals surface area (Å²) >= 11 is 0. The van der Waals surface area contributed by atoms with E-state index in [1.165, 1.54) is 0 Å². The van der Waals surface area contributed by atoms with Gasteiger partial charge in [-0.2, -0.15) is 0 Å². The topological polar surface area (TPSA) is 61.5 Å². The number of carbonyl (C=O) groups is 1. The summed E-state index contributed by atoms with van der Waals surface area (Å²) in [6.07, 6.45) is 0.531. The molecular weight excluding hydrogens is 254 g/mol. The highest BCUT2D eigenvalue weighted by Gasteiger charge is 1.96. The van der Waals surface area contributed by atoms with Crippen molar-refractivity contribution in [2.24, 2.45) is 17.6 Å². The SMILES string of the molecule is CC.CC(C)C(C)C.CCC(=O)COCCOCCN. The Balaban J connectivity index is -0.000000304. The quantitative estimate of drug-likeness (QED) is 0.662. The summed E-state index contributed by atoms with van der Waals surface area (Å²) in [5, 5.41) is 0. The lowest BCUT2D eigenvalue weighted by molar-refractivity contribution is -0.123.